The summed E-state index contributed by atoms with van der Waals surface area (Å²) in [5.41, 5.74) is 7.01. The molecule has 0 radical (unpaired) electrons. The Balaban J connectivity index is 1.75. The van der Waals surface area contributed by atoms with Crippen LogP contribution in [0.4, 0.5) is 0 Å². The van der Waals surface area contributed by atoms with Gasteiger partial charge >= 0.3 is 0 Å². The fourth-order valence-corrected chi connectivity index (χ4v) is 5.64. The Labute approximate surface area is 183 Å². The number of azo groups is 1. The predicted molar refractivity (Wildman–Crippen MR) is 121 cm³/mol. The molecule has 3 heterocycles. The number of carbonyl (C=O) groups is 1. The molecule has 0 amide bonds. The lowest BCUT2D eigenvalue weighted by Crippen LogP contribution is -2.51. The summed E-state index contributed by atoms with van der Waals surface area (Å²) in [7, 11) is 0. The molecule has 31 heavy (non-hydrogen) atoms. The monoisotopic (exact) mass is 412 g/mol. The van der Waals surface area contributed by atoms with Gasteiger partial charge in [0.05, 0.1) is 11.6 Å². The van der Waals surface area contributed by atoms with Crippen molar-refractivity contribution < 1.29 is 4.79 Å². The summed E-state index contributed by atoms with van der Waals surface area (Å²) in [4.78, 5) is 17.8. The van der Waals surface area contributed by atoms with E-state index >= 15 is 0 Å². The molecule has 158 valence electrons. The molecule has 0 spiro atoms. The van der Waals surface area contributed by atoms with Crippen LogP contribution in [0.15, 0.2) is 76.0 Å². The first-order chi connectivity index (χ1) is 14.9. The van der Waals surface area contributed by atoms with E-state index < -0.39 is 5.41 Å². The van der Waals surface area contributed by atoms with Crippen molar-refractivity contribution >= 4 is 5.78 Å². The molecule has 2 aromatic rings. The Morgan fingerprint density at radius 1 is 1.19 bits per heavy atom. The second-order valence-corrected chi connectivity index (χ2v) is 9.69. The quantitative estimate of drug-likeness (QED) is 0.711. The zero-order valence-corrected chi connectivity index (χ0v) is 18.6. The van der Waals surface area contributed by atoms with Gasteiger partial charge in [-0.25, -0.2) is 0 Å². The topological polar surface area (TPSA) is 66.7 Å². The highest BCUT2D eigenvalue weighted by atomic mass is 16.1. The third-order valence-electron chi connectivity index (χ3n) is 7.00. The zero-order valence-electron chi connectivity index (χ0n) is 18.6. The SMILES string of the molecule is CC[C@@]1(c2cccc(-c3ccncc3C)c2)C2=CN=NC2NC2=C1C(=O)CC(C)(C)C2. The first kappa shape index (κ1) is 19.9. The molecule has 1 N–H and O–H groups in total. The first-order valence-electron chi connectivity index (χ1n) is 11.0. The van der Waals surface area contributed by atoms with Gasteiger partial charge in [-0.05, 0) is 59.6 Å². The first-order valence-corrected chi connectivity index (χ1v) is 11.0. The molecule has 2 atom stereocenters. The van der Waals surface area contributed by atoms with E-state index in [9.17, 15) is 4.79 Å². The fraction of sp³-hybridized carbons (Fsp3) is 0.385. The van der Waals surface area contributed by atoms with Crippen molar-refractivity contribution in [3.63, 3.8) is 0 Å². The van der Waals surface area contributed by atoms with E-state index in [2.05, 4.69) is 78.6 Å². The molecule has 2 aliphatic heterocycles. The number of carbonyl (C=O) groups excluding carboxylic acids is 1. The van der Waals surface area contributed by atoms with Gasteiger partial charge in [0.15, 0.2) is 11.9 Å². The number of nitrogens with zero attached hydrogens (tertiary/aromatic N) is 3. The van der Waals surface area contributed by atoms with E-state index in [-0.39, 0.29) is 17.4 Å². The van der Waals surface area contributed by atoms with Crippen molar-refractivity contribution in [3.8, 4) is 11.1 Å². The van der Waals surface area contributed by atoms with Gasteiger partial charge in [-0.3, -0.25) is 9.78 Å². The van der Waals surface area contributed by atoms with Gasteiger partial charge in [0.1, 0.15) is 0 Å². The minimum Gasteiger partial charge on any atom is -0.362 e. The normalized spacial score (nSPS) is 26.3. The molecule has 0 saturated carbocycles. The number of allylic oxidation sites excluding steroid dienone is 2. The van der Waals surface area contributed by atoms with E-state index in [1.165, 1.54) is 0 Å². The number of aromatic nitrogens is 1. The van der Waals surface area contributed by atoms with Gasteiger partial charge in [-0.2, -0.15) is 10.2 Å². The fourth-order valence-electron chi connectivity index (χ4n) is 5.64. The van der Waals surface area contributed by atoms with Crippen molar-refractivity contribution in [2.45, 2.75) is 58.5 Å². The number of benzene rings is 1. The van der Waals surface area contributed by atoms with Crippen LogP contribution in [0.25, 0.3) is 11.1 Å². The van der Waals surface area contributed by atoms with E-state index in [4.69, 9.17) is 0 Å². The predicted octanol–water partition coefficient (Wildman–Crippen LogP) is 5.63. The lowest BCUT2D eigenvalue weighted by Gasteiger charge is -2.47. The molecule has 5 nitrogen and oxygen atoms in total. The number of ketones is 1. The lowest BCUT2D eigenvalue weighted by atomic mass is 9.58. The molecule has 0 saturated heterocycles. The molecule has 0 bridgehead atoms. The van der Waals surface area contributed by atoms with Crippen LogP contribution >= 0.6 is 0 Å². The summed E-state index contributed by atoms with van der Waals surface area (Å²) >= 11 is 0. The number of fused-ring (bicyclic) bond motifs is 1. The number of hydrogen-bond acceptors (Lipinski definition) is 5. The molecule has 5 heteroatoms. The van der Waals surface area contributed by atoms with Crippen molar-refractivity contribution in [1.29, 1.82) is 0 Å². The number of hydrogen-bond donors (Lipinski definition) is 1. The molecule has 3 aliphatic rings. The maximum atomic E-state index is 13.6. The third-order valence-corrected chi connectivity index (χ3v) is 7.00. The molecule has 1 unspecified atom stereocenters. The average molecular weight is 413 g/mol. The summed E-state index contributed by atoms with van der Waals surface area (Å²) in [6.07, 6.45) is 7.57. The Kier molecular flexibility index (Phi) is 4.47. The highest BCUT2D eigenvalue weighted by Gasteiger charge is 2.52. The number of aryl methyl sites for hydroxylation is 1. The number of Topliss-reactive ketones (excluding diaryl/α,β-unsaturated/α-hetero) is 1. The molecular formula is C26H28N4O. The van der Waals surface area contributed by atoms with Crippen LogP contribution in [-0.4, -0.2) is 16.9 Å². The van der Waals surface area contributed by atoms with Crippen molar-refractivity contribution in [2.75, 3.05) is 0 Å². The Morgan fingerprint density at radius 3 is 2.81 bits per heavy atom. The van der Waals surface area contributed by atoms with Gasteiger partial charge in [0.2, 0.25) is 0 Å². The Bertz CT molecular complexity index is 1170. The highest BCUT2D eigenvalue weighted by molar-refractivity contribution is 6.01. The van der Waals surface area contributed by atoms with Crippen LogP contribution in [0.2, 0.25) is 0 Å². The molecule has 5 rings (SSSR count). The standard InChI is InChI=1S/C26H28N4O/c1-5-26(18-8-6-7-17(11-18)19-9-10-27-14-16(19)2)20-15-28-30-24(20)29-21-12-25(3,4)13-22(31)23(21)26/h6-11,14-15,24,29H,5,12-13H2,1-4H3/t24?,26-/m1/s1. The lowest BCUT2D eigenvalue weighted by molar-refractivity contribution is -0.119. The smallest absolute Gasteiger partial charge is 0.164 e. The van der Waals surface area contributed by atoms with E-state index in [1.54, 1.807) is 0 Å². The maximum absolute atomic E-state index is 13.6. The average Bonchev–Trinajstić information content (AvgIpc) is 3.20. The van der Waals surface area contributed by atoms with Crippen LogP contribution < -0.4 is 5.32 Å². The molecule has 1 aromatic heterocycles. The van der Waals surface area contributed by atoms with Crippen LogP contribution in [0.5, 0.6) is 0 Å². The third kappa shape index (κ3) is 2.98. The second kappa shape index (κ2) is 6.98. The molecular weight excluding hydrogens is 384 g/mol. The Hall–Kier alpha value is -3.08. The van der Waals surface area contributed by atoms with Gasteiger partial charge in [0.25, 0.3) is 0 Å². The van der Waals surface area contributed by atoms with Gasteiger partial charge in [-0.1, -0.05) is 39.0 Å². The number of pyridine rings is 1. The zero-order chi connectivity index (χ0) is 21.8. The summed E-state index contributed by atoms with van der Waals surface area (Å²) in [5.74, 6) is 0.234. The van der Waals surface area contributed by atoms with E-state index in [0.29, 0.717) is 6.42 Å². The largest absolute Gasteiger partial charge is 0.362 e. The van der Waals surface area contributed by atoms with Gasteiger partial charge in [0, 0.05) is 35.7 Å². The van der Waals surface area contributed by atoms with Crippen molar-refractivity contribution in [3.05, 3.63) is 76.9 Å². The summed E-state index contributed by atoms with van der Waals surface area (Å²) in [6, 6.07) is 10.7. The number of nitrogens with one attached hydrogen (secondary N) is 1. The van der Waals surface area contributed by atoms with Crippen molar-refractivity contribution in [2.24, 2.45) is 15.6 Å². The molecule has 1 aliphatic carbocycles. The highest BCUT2D eigenvalue weighted by Crippen LogP contribution is 2.54. The van der Waals surface area contributed by atoms with Crippen LogP contribution in [0.1, 0.15) is 51.2 Å². The minimum atomic E-state index is -0.515. The van der Waals surface area contributed by atoms with Crippen molar-refractivity contribution in [1.82, 2.24) is 10.3 Å². The van der Waals surface area contributed by atoms with Gasteiger partial charge < -0.3 is 5.32 Å². The minimum absolute atomic E-state index is 0.0602. The van der Waals surface area contributed by atoms with E-state index in [1.807, 2.05) is 18.6 Å². The summed E-state index contributed by atoms with van der Waals surface area (Å²) < 4.78 is 0. The van der Waals surface area contributed by atoms with Gasteiger partial charge in [-0.15, -0.1) is 0 Å². The molecule has 0 fully saturated rings. The molecule has 1 aromatic carbocycles. The summed E-state index contributed by atoms with van der Waals surface area (Å²) in [6.45, 7) is 8.58. The van der Waals surface area contributed by atoms with Crippen LogP contribution in [0.3, 0.4) is 0 Å². The number of rotatable bonds is 3. The van der Waals surface area contributed by atoms with Crippen LogP contribution in [-0.2, 0) is 10.2 Å². The van der Waals surface area contributed by atoms with Crippen LogP contribution in [0, 0.1) is 12.3 Å². The Morgan fingerprint density at radius 2 is 2.03 bits per heavy atom. The van der Waals surface area contributed by atoms with E-state index in [0.717, 1.165) is 51.9 Å². The summed E-state index contributed by atoms with van der Waals surface area (Å²) in [5, 5.41) is 12.3. The maximum Gasteiger partial charge on any atom is 0.164 e. The second-order valence-electron chi connectivity index (χ2n) is 9.69.